The number of hydrogen-bond acceptors (Lipinski definition) is 3. The Morgan fingerprint density at radius 2 is 2.20 bits per heavy atom. The van der Waals surface area contributed by atoms with Gasteiger partial charge in [0, 0.05) is 38.2 Å². The average Bonchev–Trinajstić information content (AvgIpc) is 3.21. The fourth-order valence-corrected chi connectivity index (χ4v) is 2.76. The molecule has 1 unspecified atom stereocenters. The third kappa shape index (κ3) is 3.75. The van der Waals surface area contributed by atoms with E-state index in [-0.39, 0.29) is 18.6 Å². The van der Waals surface area contributed by atoms with Gasteiger partial charge >= 0.3 is 0 Å². The van der Waals surface area contributed by atoms with Gasteiger partial charge < -0.3 is 9.64 Å². The van der Waals surface area contributed by atoms with Crippen LogP contribution in [0.5, 0.6) is 5.75 Å². The van der Waals surface area contributed by atoms with Crippen molar-refractivity contribution in [2.45, 2.75) is 18.8 Å². The van der Waals surface area contributed by atoms with E-state index in [0.717, 1.165) is 5.57 Å². The van der Waals surface area contributed by atoms with Gasteiger partial charge in [0.2, 0.25) is 0 Å². The molecule has 3 rings (SSSR count). The molecule has 1 saturated carbocycles. The number of ether oxygens (including phenoxy) is 1. The van der Waals surface area contributed by atoms with Crippen LogP contribution in [0.25, 0.3) is 5.57 Å². The molecule has 1 atom stereocenters. The van der Waals surface area contributed by atoms with E-state index < -0.39 is 17.7 Å². The molecular formula is C18H18F3N3O. The molecule has 132 valence electrons. The Labute approximate surface area is 144 Å². The molecule has 1 heterocycles. The Bertz CT molecular complexity index is 771. The number of rotatable bonds is 5. The first kappa shape index (κ1) is 17.3. The zero-order valence-corrected chi connectivity index (χ0v) is 13.8. The van der Waals surface area contributed by atoms with Gasteiger partial charge in [0.25, 0.3) is 5.92 Å². The highest BCUT2D eigenvalue weighted by Gasteiger charge is 2.57. The van der Waals surface area contributed by atoms with Gasteiger partial charge in [0.05, 0.1) is 7.11 Å². The van der Waals surface area contributed by atoms with Crippen LogP contribution in [0.2, 0.25) is 0 Å². The Kier molecular flexibility index (Phi) is 4.65. The van der Waals surface area contributed by atoms with E-state index in [4.69, 9.17) is 4.74 Å². The number of alkyl halides is 2. The van der Waals surface area contributed by atoms with Crippen LogP contribution in [0.15, 0.2) is 46.8 Å². The van der Waals surface area contributed by atoms with Crippen molar-refractivity contribution in [3.63, 3.8) is 0 Å². The van der Waals surface area contributed by atoms with Crippen LogP contribution >= 0.6 is 0 Å². The Hall–Kier alpha value is -2.57. The normalized spacial score (nSPS) is 21.8. The van der Waals surface area contributed by atoms with Crippen molar-refractivity contribution >= 4 is 18.1 Å². The topological polar surface area (TPSA) is 37.2 Å². The molecular weight excluding hydrogens is 331 g/mol. The van der Waals surface area contributed by atoms with Gasteiger partial charge in [0.1, 0.15) is 5.84 Å². The number of hydrogen-bond donors (Lipinski definition) is 0. The lowest BCUT2D eigenvalue weighted by Crippen LogP contribution is -2.28. The first-order valence-electron chi connectivity index (χ1n) is 7.84. The van der Waals surface area contributed by atoms with Crippen molar-refractivity contribution in [2.24, 2.45) is 16.1 Å². The first-order chi connectivity index (χ1) is 11.9. The average molecular weight is 349 g/mol. The van der Waals surface area contributed by atoms with E-state index in [1.54, 1.807) is 29.3 Å². The second-order valence-electron chi connectivity index (χ2n) is 6.00. The molecule has 0 spiro atoms. The molecule has 7 heteroatoms. The molecule has 2 aliphatic rings. The molecule has 1 aliphatic carbocycles. The zero-order chi connectivity index (χ0) is 18.0. The van der Waals surface area contributed by atoms with Gasteiger partial charge in [-0.05, 0) is 29.3 Å². The Balaban J connectivity index is 1.71. The summed E-state index contributed by atoms with van der Waals surface area (Å²) >= 11 is 0. The second kappa shape index (κ2) is 6.74. The minimum atomic E-state index is -2.61. The van der Waals surface area contributed by atoms with Crippen molar-refractivity contribution in [2.75, 3.05) is 13.7 Å². The highest BCUT2D eigenvalue weighted by atomic mass is 19.3. The molecule has 0 N–H and O–H groups in total. The molecule has 25 heavy (non-hydrogen) atoms. The summed E-state index contributed by atoms with van der Waals surface area (Å²) in [6.45, 7) is 3.74. The van der Waals surface area contributed by atoms with Gasteiger partial charge in [-0.15, -0.1) is 5.10 Å². The zero-order valence-electron chi connectivity index (χ0n) is 13.8. The van der Waals surface area contributed by atoms with Crippen LogP contribution in [0.1, 0.15) is 18.4 Å². The van der Waals surface area contributed by atoms with Crippen LogP contribution in [0, 0.1) is 11.7 Å². The highest BCUT2D eigenvalue weighted by molar-refractivity contribution is 5.86. The molecule has 0 radical (unpaired) electrons. The van der Waals surface area contributed by atoms with Crippen molar-refractivity contribution in [3.8, 4) is 5.75 Å². The lowest BCUT2D eigenvalue weighted by Gasteiger charge is -2.24. The summed E-state index contributed by atoms with van der Waals surface area (Å²) in [5.41, 5.74) is 1.55. The number of methoxy groups -OCH3 is 1. The first-order valence-corrected chi connectivity index (χ1v) is 7.84. The second-order valence-corrected chi connectivity index (χ2v) is 6.00. The SMILES string of the molecule is C=N/N=C(/CC1CC1(F)F)N1C=CC(c2ccc(OC)c(F)c2)=CC1. The Morgan fingerprint density at radius 1 is 1.44 bits per heavy atom. The lowest BCUT2D eigenvalue weighted by atomic mass is 10.0. The minimum absolute atomic E-state index is 0.118. The maximum absolute atomic E-state index is 13.8. The summed E-state index contributed by atoms with van der Waals surface area (Å²) < 4.78 is 45.0. The molecule has 1 aromatic carbocycles. The predicted octanol–water partition coefficient (Wildman–Crippen LogP) is 4.11. The van der Waals surface area contributed by atoms with Crippen molar-refractivity contribution in [1.29, 1.82) is 0 Å². The lowest BCUT2D eigenvalue weighted by molar-refractivity contribution is 0.0998. The van der Waals surface area contributed by atoms with Crippen molar-refractivity contribution in [1.82, 2.24) is 4.90 Å². The molecule has 0 saturated heterocycles. The summed E-state index contributed by atoms with van der Waals surface area (Å²) in [7, 11) is 1.41. The number of allylic oxidation sites excluding steroid dienone is 2. The number of nitrogens with zero attached hydrogens (tertiary/aromatic N) is 3. The standard InChI is InChI=1S/C18H18F3N3O/c1-22-23-17(10-14-11-18(14,20)21)24-7-5-12(6-8-24)13-3-4-16(25-2)15(19)9-13/h3-7,9,14H,1,8,10-11H2,2H3/b23-17-. The molecule has 1 aliphatic heterocycles. The third-order valence-electron chi connectivity index (χ3n) is 4.33. The molecule has 1 aromatic rings. The molecule has 0 aromatic heterocycles. The summed E-state index contributed by atoms with van der Waals surface area (Å²) in [6, 6.07) is 4.73. The number of halogens is 3. The fraction of sp³-hybridized carbons (Fsp3) is 0.333. The van der Waals surface area contributed by atoms with E-state index in [9.17, 15) is 13.2 Å². The molecule has 0 amide bonds. The Morgan fingerprint density at radius 3 is 2.72 bits per heavy atom. The van der Waals surface area contributed by atoms with Crippen molar-refractivity contribution < 1.29 is 17.9 Å². The monoisotopic (exact) mass is 349 g/mol. The summed E-state index contributed by atoms with van der Waals surface area (Å²) in [6.07, 6.45) is 5.44. The smallest absolute Gasteiger partial charge is 0.252 e. The highest BCUT2D eigenvalue weighted by Crippen LogP contribution is 2.51. The van der Waals surface area contributed by atoms with Crippen LogP contribution in [-0.2, 0) is 0 Å². The van der Waals surface area contributed by atoms with Gasteiger partial charge in [0.15, 0.2) is 11.6 Å². The van der Waals surface area contributed by atoms with E-state index in [1.807, 2.05) is 6.08 Å². The predicted molar refractivity (Wildman–Crippen MR) is 91.4 cm³/mol. The minimum Gasteiger partial charge on any atom is -0.494 e. The number of benzene rings is 1. The van der Waals surface area contributed by atoms with E-state index in [1.165, 1.54) is 13.2 Å². The maximum Gasteiger partial charge on any atom is 0.252 e. The van der Waals surface area contributed by atoms with Crippen LogP contribution in [-0.4, -0.2) is 37.0 Å². The number of amidine groups is 1. The summed E-state index contributed by atoms with van der Waals surface area (Å²) in [4.78, 5) is 1.74. The van der Waals surface area contributed by atoms with Crippen LogP contribution in [0.4, 0.5) is 13.2 Å². The van der Waals surface area contributed by atoms with Gasteiger partial charge in [-0.25, -0.2) is 13.2 Å². The van der Waals surface area contributed by atoms with Crippen LogP contribution < -0.4 is 4.74 Å². The summed E-state index contributed by atoms with van der Waals surface area (Å²) in [5, 5.41) is 7.38. The molecule has 1 fully saturated rings. The van der Waals surface area contributed by atoms with Gasteiger partial charge in [-0.3, -0.25) is 0 Å². The van der Waals surface area contributed by atoms with E-state index >= 15 is 0 Å². The quantitative estimate of drug-likeness (QED) is 0.456. The van der Waals surface area contributed by atoms with Crippen molar-refractivity contribution in [3.05, 3.63) is 47.9 Å². The fourth-order valence-electron chi connectivity index (χ4n) is 2.76. The molecule has 4 nitrogen and oxygen atoms in total. The maximum atomic E-state index is 13.8. The summed E-state index contributed by atoms with van der Waals surface area (Å²) in [5.74, 6) is -3.11. The van der Waals surface area contributed by atoms with Gasteiger partial charge in [-0.2, -0.15) is 5.10 Å². The van der Waals surface area contributed by atoms with Gasteiger partial charge in [-0.1, -0.05) is 12.1 Å². The van der Waals surface area contributed by atoms with E-state index in [0.29, 0.717) is 17.9 Å². The molecule has 0 bridgehead atoms. The largest absolute Gasteiger partial charge is 0.494 e. The van der Waals surface area contributed by atoms with E-state index in [2.05, 4.69) is 16.9 Å². The van der Waals surface area contributed by atoms with Crippen LogP contribution in [0.3, 0.4) is 0 Å². The third-order valence-corrected chi connectivity index (χ3v) is 4.33.